The van der Waals surface area contributed by atoms with Crippen LogP contribution in [-0.2, 0) is 12.8 Å². The Hall–Kier alpha value is -0.530. The van der Waals surface area contributed by atoms with Gasteiger partial charge in [0.1, 0.15) is 0 Å². The van der Waals surface area contributed by atoms with E-state index in [4.69, 9.17) is 11.6 Å². The zero-order chi connectivity index (χ0) is 9.68. The van der Waals surface area contributed by atoms with Crippen molar-refractivity contribution in [2.75, 3.05) is 13.6 Å². The van der Waals surface area contributed by atoms with Gasteiger partial charge in [0.15, 0.2) is 0 Å². The van der Waals surface area contributed by atoms with Crippen molar-refractivity contribution in [2.24, 2.45) is 0 Å². The highest BCUT2D eigenvalue weighted by molar-refractivity contribution is 6.30. The second kappa shape index (κ2) is 5.25. The highest BCUT2D eigenvalue weighted by Crippen LogP contribution is 2.15. The molecular weight excluding hydrogens is 182 g/mol. The van der Waals surface area contributed by atoms with E-state index in [0.717, 1.165) is 24.4 Å². The van der Waals surface area contributed by atoms with Gasteiger partial charge < -0.3 is 5.32 Å². The van der Waals surface area contributed by atoms with Crippen molar-refractivity contribution in [3.05, 3.63) is 34.3 Å². The topological polar surface area (TPSA) is 12.0 Å². The summed E-state index contributed by atoms with van der Waals surface area (Å²) in [5.41, 5.74) is 2.64. The lowest BCUT2D eigenvalue weighted by molar-refractivity contribution is 0.791. The van der Waals surface area contributed by atoms with Crippen LogP contribution in [0.4, 0.5) is 0 Å². The normalized spacial score (nSPS) is 10.4. The molecule has 0 aliphatic heterocycles. The first-order valence-electron chi connectivity index (χ1n) is 4.69. The molecule has 1 nitrogen and oxygen atoms in total. The molecule has 0 atom stereocenters. The molecule has 0 aliphatic carbocycles. The van der Waals surface area contributed by atoms with E-state index in [-0.39, 0.29) is 0 Å². The monoisotopic (exact) mass is 197 g/mol. The SMILES string of the molecule is CCc1cc(Cl)cc(CCNC)c1. The van der Waals surface area contributed by atoms with Crippen molar-refractivity contribution in [2.45, 2.75) is 19.8 Å². The lowest BCUT2D eigenvalue weighted by atomic mass is 10.1. The summed E-state index contributed by atoms with van der Waals surface area (Å²) in [5, 5.41) is 3.98. The molecule has 0 radical (unpaired) electrons. The average molecular weight is 198 g/mol. The molecule has 0 heterocycles. The van der Waals surface area contributed by atoms with E-state index in [1.165, 1.54) is 11.1 Å². The fourth-order valence-corrected chi connectivity index (χ4v) is 1.62. The van der Waals surface area contributed by atoms with E-state index in [1.54, 1.807) is 0 Å². The number of benzene rings is 1. The molecule has 72 valence electrons. The lowest BCUT2D eigenvalue weighted by Crippen LogP contribution is -2.10. The van der Waals surface area contributed by atoms with Crippen molar-refractivity contribution in [3.8, 4) is 0 Å². The summed E-state index contributed by atoms with van der Waals surface area (Å²) >= 11 is 5.99. The van der Waals surface area contributed by atoms with Gasteiger partial charge in [-0.05, 0) is 49.7 Å². The third-order valence-electron chi connectivity index (χ3n) is 2.09. The van der Waals surface area contributed by atoms with Gasteiger partial charge in [0.25, 0.3) is 0 Å². The maximum absolute atomic E-state index is 5.99. The first-order valence-corrected chi connectivity index (χ1v) is 5.07. The second-order valence-electron chi connectivity index (χ2n) is 3.17. The van der Waals surface area contributed by atoms with Crippen LogP contribution in [0.1, 0.15) is 18.1 Å². The highest BCUT2D eigenvalue weighted by Gasteiger charge is 1.97. The molecule has 1 N–H and O–H groups in total. The average Bonchev–Trinajstić information content (AvgIpc) is 2.14. The van der Waals surface area contributed by atoms with Crippen LogP contribution in [0.2, 0.25) is 5.02 Å². The summed E-state index contributed by atoms with van der Waals surface area (Å²) in [6.07, 6.45) is 2.09. The number of hydrogen-bond acceptors (Lipinski definition) is 1. The van der Waals surface area contributed by atoms with Crippen molar-refractivity contribution in [1.29, 1.82) is 0 Å². The molecule has 0 saturated heterocycles. The van der Waals surface area contributed by atoms with Gasteiger partial charge in [-0.15, -0.1) is 0 Å². The van der Waals surface area contributed by atoms with E-state index in [2.05, 4.69) is 18.3 Å². The molecule has 1 aromatic rings. The molecule has 0 amide bonds. The number of likely N-dealkylation sites (N-methyl/N-ethyl adjacent to an activating group) is 1. The predicted octanol–water partition coefficient (Wildman–Crippen LogP) is 2.66. The molecule has 0 bridgehead atoms. The minimum atomic E-state index is 0.852. The third kappa shape index (κ3) is 3.37. The first kappa shape index (κ1) is 10.6. The lowest BCUT2D eigenvalue weighted by Gasteiger charge is -2.04. The summed E-state index contributed by atoms with van der Waals surface area (Å²) < 4.78 is 0. The second-order valence-corrected chi connectivity index (χ2v) is 3.61. The summed E-state index contributed by atoms with van der Waals surface area (Å²) in [7, 11) is 1.96. The quantitative estimate of drug-likeness (QED) is 0.783. The molecule has 0 aromatic heterocycles. The largest absolute Gasteiger partial charge is 0.319 e. The van der Waals surface area contributed by atoms with Crippen LogP contribution < -0.4 is 5.32 Å². The van der Waals surface area contributed by atoms with E-state index in [9.17, 15) is 0 Å². The Morgan fingerprint density at radius 1 is 1.23 bits per heavy atom. The van der Waals surface area contributed by atoms with Gasteiger partial charge in [-0.3, -0.25) is 0 Å². The molecule has 0 spiro atoms. The predicted molar refractivity (Wildman–Crippen MR) is 58.5 cm³/mol. The number of rotatable bonds is 4. The Morgan fingerprint density at radius 3 is 2.54 bits per heavy atom. The van der Waals surface area contributed by atoms with Crippen LogP contribution in [0.25, 0.3) is 0 Å². The Morgan fingerprint density at radius 2 is 1.92 bits per heavy atom. The Bertz CT molecular complexity index is 271. The van der Waals surface area contributed by atoms with Crippen LogP contribution in [0.5, 0.6) is 0 Å². The Kier molecular flexibility index (Phi) is 4.26. The Labute approximate surface area is 85.1 Å². The smallest absolute Gasteiger partial charge is 0.0411 e. The first-order chi connectivity index (χ1) is 6.26. The number of nitrogens with one attached hydrogen (secondary N) is 1. The highest BCUT2D eigenvalue weighted by atomic mass is 35.5. The minimum absolute atomic E-state index is 0.852. The number of aryl methyl sites for hydroxylation is 1. The summed E-state index contributed by atoms with van der Waals surface area (Å²) in [6.45, 7) is 3.15. The summed E-state index contributed by atoms with van der Waals surface area (Å²) in [6, 6.07) is 6.30. The van der Waals surface area contributed by atoms with Gasteiger partial charge in [0.05, 0.1) is 0 Å². The van der Waals surface area contributed by atoms with Gasteiger partial charge in [-0.25, -0.2) is 0 Å². The number of hydrogen-bond donors (Lipinski definition) is 1. The van der Waals surface area contributed by atoms with Crippen LogP contribution in [0.3, 0.4) is 0 Å². The van der Waals surface area contributed by atoms with Crippen molar-refractivity contribution in [3.63, 3.8) is 0 Å². The van der Waals surface area contributed by atoms with Crippen molar-refractivity contribution in [1.82, 2.24) is 5.32 Å². The molecule has 0 aliphatic rings. The zero-order valence-corrected chi connectivity index (χ0v) is 8.99. The molecule has 1 aromatic carbocycles. The maximum Gasteiger partial charge on any atom is 0.0411 e. The zero-order valence-electron chi connectivity index (χ0n) is 8.23. The van der Waals surface area contributed by atoms with Gasteiger partial charge >= 0.3 is 0 Å². The Balaban J connectivity index is 2.76. The standard InChI is InChI=1S/C11H16ClN/c1-3-9-6-10(4-5-13-2)8-11(12)7-9/h6-8,13H,3-5H2,1-2H3. The van der Waals surface area contributed by atoms with Crippen LogP contribution in [0, 0.1) is 0 Å². The molecular formula is C11H16ClN. The van der Waals surface area contributed by atoms with E-state index >= 15 is 0 Å². The van der Waals surface area contributed by atoms with Crippen molar-refractivity contribution >= 4 is 11.6 Å². The van der Waals surface area contributed by atoms with Crippen LogP contribution >= 0.6 is 11.6 Å². The van der Waals surface area contributed by atoms with Crippen LogP contribution in [0.15, 0.2) is 18.2 Å². The fourth-order valence-electron chi connectivity index (χ4n) is 1.34. The van der Waals surface area contributed by atoms with E-state index in [0.29, 0.717) is 0 Å². The molecule has 13 heavy (non-hydrogen) atoms. The number of halogens is 1. The van der Waals surface area contributed by atoms with Gasteiger partial charge in [-0.1, -0.05) is 24.6 Å². The van der Waals surface area contributed by atoms with E-state index < -0.39 is 0 Å². The van der Waals surface area contributed by atoms with Crippen LogP contribution in [-0.4, -0.2) is 13.6 Å². The molecule has 1 rings (SSSR count). The van der Waals surface area contributed by atoms with E-state index in [1.807, 2.05) is 19.2 Å². The van der Waals surface area contributed by atoms with Gasteiger partial charge in [0, 0.05) is 5.02 Å². The van der Waals surface area contributed by atoms with Gasteiger partial charge in [-0.2, -0.15) is 0 Å². The summed E-state index contributed by atoms with van der Waals surface area (Å²) in [5.74, 6) is 0. The molecule has 0 unspecified atom stereocenters. The molecule has 0 saturated carbocycles. The summed E-state index contributed by atoms with van der Waals surface area (Å²) in [4.78, 5) is 0. The minimum Gasteiger partial charge on any atom is -0.319 e. The fraction of sp³-hybridized carbons (Fsp3) is 0.455. The maximum atomic E-state index is 5.99. The molecule has 0 fully saturated rings. The van der Waals surface area contributed by atoms with Crippen molar-refractivity contribution < 1.29 is 0 Å². The molecule has 2 heteroatoms. The third-order valence-corrected chi connectivity index (χ3v) is 2.31. The van der Waals surface area contributed by atoms with Gasteiger partial charge in [0.2, 0.25) is 0 Å².